The molecule has 1 N–H and O–H groups in total. The Hall–Kier alpha value is -1.80. The van der Waals surface area contributed by atoms with Crippen LogP contribution in [0.25, 0.3) is 0 Å². The highest BCUT2D eigenvalue weighted by Gasteiger charge is 2.39. The van der Waals surface area contributed by atoms with E-state index in [0.29, 0.717) is 19.5 Å². The molecule has 1 atom stereocenters. The van der Waals surface area contributed by atoms with Gasteiger partial charge in [0.25, 0.3) is 0 Å². The summed E-state index contributed by atoms with van der Waals surface area (Å²) in [5.74, 6) is 1.46. The van der Waals surface area contributed by atoms with Gasteiger partial charge in [0.15, 0.2) is 21.3 Å². The standard InChI is InChI=1S/C17H24N2O5S/c1-3-19(9-13-4-5-14-15(8-13)24-12-23-14)10-16(20)18-17(2)6-7-25(21,22)11-17/h4-5,8H,3,6-7,9-12H2,1-2H3,(H,18,20)/t17-/m0/s1. The monoisotopic (exact) mass is 368 g/mol. The number of likely N-dealkylation sites (N-methyl/N-ethyl adjacent to an activating group) is 1. The van der Waals surface area contributed by atoms with Gasteiger partial charge in [-0.15, -0.1) is 0 Å². The number of carbonyl (C=O) groups is 1. The SMILES string of the molecule is CCN(CC(=O)N[C@@]1(C)CCS(=O)(=O)C1)Cc1ccc2c(c1)OCO2. The van der Waals surface area contributed by atoms with Crippen LogP contribution in [0.15, 0.2) is 18.2 Å². The van der Waals surface area contributed by atoms with E-state index in [1.165, 1.54) is 0 Å². The third-order valence-corrected chi connectivity index (χ3v) is 6.51. The molecule has 0 radical (unpaired) electrons. The summed E-state index contributed by atoms with van der Waals surface area (Å²) in [6, 6.07) is 5.75. The summed E-state index contributed by atoms with van der Waals surface area (Å²) >= 11 is 0. The van der Waals surface area contributed by atoms with Crippen molar-refractivity contribution in [2.45, 2.75) is 32.4 Å². The molecular formula is C17H24N2O5S. The summed E-state index contributed by atoms with van der Waals surface area (Å²) in [6.07, 6.45) is 0.468. The average Bonchev–Trinajstić information content (AvgIpc) is 3.09. The van der Waals surface area contributed by atoms with E-state index in [9.17, 15) is 13.2 Å². The molecule has 0 spiro atoms. The van der Waals surface area contributed by atoms with Gasteiger partial charge < -0.3 is 14.8 Å². The van der Waals surface area contributed by atoms with Crippen molar-refractivity contribution in [3.8, 4) is 11.5 Å². The van der Waals surface area contributed by atoms with Crippen LogP contribution in [0, 0.1) is 0 Å². The van der Waals surface area contributed by atoms with E-state index in [2.05, 4.69) is 5.32 Å². The van der Waals surface area contributed by atoms with Crippen LogP contribution in [0.3, 0.4) is 0 Å². The highest BCUT2D eigenvalue weighted by atomic mass is 32.2. The zero-order chi connectivity index (χ0) is 18.1. The van der Waals surface area contributed by atoms with Crippen molar-refractivity contribution in [2.75, 3.05) is 31.4 Å². The van der Waals surface area contributed by atoms with E-state index >= 15 is 0 Å². The largest absolute Gasteiger partial charge is 0.454 e. The zero-order valence-corrected chi connectivity index (χ0v) is 15.4. The first-order valence-electron chi connectivity index (χ1n) is 8.41. The van der Waals surface area contributed by atoms with Crippen molar-refractivity contribution in [3.63, 3.8) is 0 Å². The fourth-order valence-electron chi connectivity index (χ4n) is 3.27. The molecule has 2 aliphatic rings. The minimum atomic E-state index is -3.04. The molecule has 1 amide bonds. The Kier molecular flexibility index (Phi) is 4.92. The Bertz CT molecular complexity index is 764. The first-order chi connectivity index (χ1) is 11.8. The topological polar surface area (TPSA) is 84.9 Å². The molecule has 1 saturated heterocycles. The molecule has 25 heavy (non-hydrogen) atoms. The van der Waals surface area contributed by atoms with Crippen LogP contribution in [-0.2, 0) is 21.2 Å². The minimum Gasteiger partial charge on any atom is -0.454 e. The van der Waals surface area contributed by atoms with Crippen molar-refractivity contribution in [1.29, 1.82) is 0 Å². The Morgan fingerprint density at radius 1 is 1.32 bits per heavy atom. The Labute approximate surface area is 148 Å². The van der Waals surface area contributed by atoms with E-state index in [-0.39, 0.29) is 30.8 Å². The first kappa shape index (κ1) is 18.0. The van der Waals surface area contributed by atoms with E-state index in [1.807, 2.05) is 30.0 Å². The summed E-state index contributed by atoms with van der Waals surface area (Å²) in [5, 5.41) is 2.90. The second kappa shape index (κ2) is 6.84. The number of benzene rings is 1. The predicted molar refractivity (Wildman–Crippen MR) is 93.3 cm³/mol. The number of nitrogens with one attached hydrogen (secondary N) is 1. The van der Waals surface area contributed by atoms with Crippen LogP contribution in [0.1, 0.15) is 25.8 Å². The Balaban J connectivity index is 1.57. The second-order valence-electron chi connectivity index (χ2n) is 6.94. The third-order valence-electron chi connectivity index (χ3n) is 4.60. The minimum absolute atomic E-state index is 0.0139. The normalized spacial score (nSPS) is 23.8. The lowest BCUT2D eigenvalue weighted by Crippen LogP contribution is -2.50. The molecule has 7 nitrogen and oxygen atoms in total. The molecular weight excluding hydrogens is 344 g/mol. The lowest BCUT2D eigenvalue weighted by Gasteiger charge is -2.26. The lowest BCUT2D eigenvalue weighted by molar-refractivity contribution is -0.123. The third kappa shape index (κ3) is 4.43. The van der Waals surface area contributed by atoms with Crippen LogP contribution in [0.2, 0.25) is 0 Å². The molecule has 0 aliphatic carbocycles. The van der Waals surface area contributed by atoms with Crippen molar-refractivity contribution in [3.05, 3.63) is 23.8 Å². The van der Waals surface area contributed by atoms with Gasteiger partial charge in [-0.3, -0.25) is 9.69 Å². The van der Waals surface area contributed by atoms with Crippen molar-refractivity contribution >= 4 is 15.7 Å². The summed E-state index contributed by atoms with van der Waals surface area (Å²) in [4.78, 5) is 14.4. The molecule has 1 aromatic rings. The smallest absolute Gasteiger partial charge is 0.234 e. The quantitative estimate of drug-likeness (QED) is 0.804. The number of nitrogens with zero attached hydrogens (tertiary/aromatic N) is 1. The molecule has 0 aromatic heterocycles. The van der Waals surface area contributed by atoms with Gasteiger partial charge in [0.05, 0.1) is 23.6 Å². The van der Waals surface area contributed by atoms with E-state index in [0.717, 1.165) is 17.1 Å². The number of amides is 1. The average molecular weight is 368 g/mol. The van der Waals surface area contributed by atoms with Gasteiger partial charge >= 0.3 is 0 Å². The molecule has 0 unspecified atom stereocenters. The van der Waals surface area contributed by atoms with Gasteiger partial charge in [0, 0.05) is 6.54 Å². The number of ether oxygens (including phenoxy) is 2. The van der Waals surface area contributed by atoms with Crippen LogP contribution in [0.4, 0.5) is 0 Å². The van der Waals surface area contributed by atoms with Gasteiger partial charge in [0.1, 0.15) is 0 Å². The highest BCUT2D eigenvalue weighted by molar-refractivity contribution is 7.91. The van der Waals surface area contributed by atoms with E-state index in [4.69, 9.17) is 9.47 Å². The molecule has 8 heteroatoms. The predicted octanol–water partition coefficient (Wildman–Crippen LogP) is 0.931. The molecule has 1 aromatic carbocycles. The van der Waals surface area contributed by atoms with Crippen LogP contribution in [-0.4, -0.2) is 56.2 Å². The number of hydrogen-bond acceptors (Lipinski definition) is 6. The summed E-state index contributed by atoms with van der Waals surface area (Å²) in [5.41, 5.74) is 0.377. The number of rotatable bonds is 6. The van der Waals surface area contributed by atoms with Gasteiger partial charge in [-0.25, -0.2) is 8.42 Å². The number of fused-ring (bicyclic) bond motifs is 1. The van der Waals surface area contributed by atoms with Crippen LogP contribution < -0.4 is 14.8 Å². The highest BCUT2D eigenvalue weighted by Crippen LogP contribution is 2.32. The summed E-state index contributed by atoms with van der Waals surface area (Å²) in [6.45, 7) is 5.55. The molecule has 0 saturated carbocycles. The lowest BCUT2D eigenvalue weighted by atomic mass is 10.0. The number of carbonyl (C=O) groups excluding carboxylic acids is 1. The molecule has 2 heterocycles. The van der Waals surface area contributed by atoms with Gasteiger partial charge in [0.2, 0.25) is 12.7 Å². The Morgan fingerprint density at radius 3 is 2.76 bits per heavy atom. The van der Waals surface area contributed by atoms with Crippen molar-refractivity contribution in [1.82, 2.24) is 10.2 Å². The number of hydrogen-bond donors (Lipinski definition) is 1. The summed E-state index contributed by atoms with van der Waals surface area (Å²) < 4.78 is 34.0. The van der Waals surface area contributed by atoms with Gasteiger partial charge in [-0.2, -0.15) is 0 Å². The fraction of sp³-hybridized carbons (Fsp3) is 0.588. The van der Waals surface area contributed by atoms with Crippen LogP contribution in [0.5, 0.6) is 11.5 Å². The maximum absolute atomic E-state index is 12.4. The van der Waals surface area contributed by atoms with Crippen molar-refractivity contribution in [2.24, 2.45) is 0 Å². The maximum atomic E-state index is 12.4. The van der Waals surface area contributed by atoms with Gasteiger partial charge in [-0.05, 0) is 37.6 Å². The second-order valence-corrected chi connectivity index (χ2v) is 9.13. The fourth-order valence-corrected chi connectivity index (χ4v) is 5.36. The molecule has 2 aliphatic heterocycles. The summed E-state index contributed by atoms with van der Waals surface area (Å²) in [7, 11) is -3.04. The molecule has 138 valence electrons. The zero-order valence-electron chi connectivity index (χ0n) is 14.6. The number of sulfone groups is 1. The molecule has 0 bridgehead atoms. The van der Waals surface area contributed by atoms with E-state index < -0.39 is 15.4 Å². The van der Waals surface area contributed by atoms with Gasteiger partial charge in [-0.1, -0.05) is 13.0 Å². The maximum Gasteiger partial charge on any atom is 0.234 e. The molecule has 3 rings (SSSR count). The first-order valence-corrected chi connectivity index (χ1v) is 10.2. The van der Waals surface area contributed by atoms with E-state index in [1.54, 1.807) is 6.92 Å². The molecule has 1 fully saturated rings. The Morgan fingerprint density at radius 2 is 2.08 bits per heavy atom. The van der Waals surface area contributed by atoms with Crippen molar-refractivity contribution < 1.29 is 22.7 Å². The van der Waals surface area contributed by atoms with Crippen LogP contribution >= 0.6 is 0 Å².